The average Bonchev–Trinajstić information content (AvgIpc) is 2.89. The molecule has 3 nitrogen and oxygen atoms in total. The molecule has 0 spiro atoms. The van der Waals surface area contributed by atoms with E-state index in [1.165, 1.54) is 19.3 Å². The molecule has 0 aromatic heterocycles. The molecule has 2 aliphatic rings. The van der Waals surface area contributed by atoms with Crippen molar-refractivity contribution in [2.24, 2.45) is 5.92 Å². The third kappa shape index (κ3) is 3.85. The van der Waals surface area contributed by atoms with Crippen LogP contribution < -0.4 is 0 Å². The standard InChI is InChI=1S/C13H22N2OS2/c1-11-5-4-8-15(9-11)12(16)10-18-13(17)14-6-2-3-7-14/h11H,2-10H2,1H3. The van der Waals surface area contributed by atoms with E-state index in [1.54, 1.807) is 11.8 Å². The second-order valence-corrected chi connectivity index (χ2v) is 6.95. The lowest BCUT2D eigenvalue weighted by atomic mass is 10.0. The first-order chi connectivity index (χ1) is 8.66. The molecule has 0 bridgehead atoms. The molecule has 1 amide bonds. The van der Waals surface area contributed by atoms with E-state index in [-0.39, 0.29) is 5.91 Å². The lowest BCUT2D eigenvalue weighted by Gasteiger charge is -2.31. The summed E-state index contributed by atoms with van der Waals surface area (Å²) in [4.78, 5) is 16.3. The van der Waals surface area contributed by atoms with Crippen LogP contribution in [0.5, 0.6) is 0 Å². The Kier molecular flexibility index (Phi) is 5.30. The summed E-state index contributed by atoms with van der Waals surface area (Å²) in [6, 6.07) is 0. The fourth-order valence-corrected chi connectivity index (χ4v) is 3.78. The van der Waals surface area contributed by atoms with Crippen LogP contribution in [0.1, 0.15) is 32.6 Å². The number of nitrogens with zero attached hydrogens (tertiary/aromatic N) is 2. The highest BCUT2D eigenvalue weighted by molar-refractivity contribution is 8.23. The number of likely N-dealkylation sites (tertiary alicyclic amines) is 2. The molecule has 2 aliphatic heterocycles. The molecule has 2 fully saturated rings. The summed E-state index contributed by atoms with van der Waals surface area (Å²) in [5.41, 5.74) is 0. The van der Waals surface area contributed by atoms with E-state index < -0.39 is 0 Å². The number of hydrogen-bond acceptors (Lipinski definition) is 3. The van der Waals surface area contributed by atoms with Gasteiger partial charge < -0.3 is 9.80 Å². The summed E-state index contributed by atoms with van der Waals surface area (Å²) >= 11 is 6.92. The predicted molar refractivity (Wildman–Crippen MR) is 80.8 cm³/mol. The van der Waals surface area contributed by atoms with Crippen molar-refractivity contribution in [3.05, 3.63) is 0 Å². The second-order valence-electron chi connectivity index (χ2n) is 5.34. The van der Waals surface area contributed by atoms with Crippen LogP contribution in [0.25, 0.3) is 0 Å². The third-order valence-corrected chi connectivity index (χ3v) is 5.20. The van der Waals surface area contributed by atoms with E-state index in [1.807, 2.05) is 4.90 Å². The summed E-state index contributed by atoms with van der Waals surface area (Å²) in [5.74, 6) is 1.42. The van der Waals surface area contributed by atoms with Crippen molar-refractivity contribution in [1.82, 2.24) is 9.80 Å². The Labute approximate surface area is 119 Å². The Morgan fingerprint density at radius 2 is 1.89 bits per heavy atom. The summed E-state index contributed by atoms with van der Waals surface area (Å²) < 4.78 is 0.908. The summed E-state index contributed by atoms with van der Waals surface area (Å²) in [7, 11) is 0. The van der Waals surface area contributed by atoms with Crippen molar-refractivity contribution in [3.63, 3.8) is 0 Å². The first-order valence-electron chi connectivity index (χ1n) is 6.86. The molecule has 2 saturated heterocycles. The number of hydrogen-bond donors (Lipinski definition) is 0. The van der Waals surface area contributed by atoms with Gasteiger partial charge >= 0.3 is 0 Å². The highest BCUT2D eigenvalue weighted by atomic mass is 32.2. The van der Waals surface area contributed by atoms with Gasteiger partial charge in [0, 0.05) is 26.2 Å². The Bertz CT molecular complexity index is 316. The van der Waals surface area contributed by atoms with Crippen LogP contribution >= 0.6 is 24.0 Å². The van der Waals surface area contributed by atoms with Crippen LogP contribution in [0.3, 0.4) is 0 Å². The van der Waals surface area contributed by atoms with Gasteiger partial charge in [-0.2, -0.15) is 0 Å². The van der Waals surface area contributed by atoms with Crippen molar-refractivity contribution in [2.75, 3.05) is 31.9 Å². The van der Waals surface area contributed by atoms with Crippen LogP contribution in [0.2, 0.25) is 0 Å². The van der Waals surface area contributed by atoms with Crippen LogP contribution in [0.4, 0.5) is 0 Å². The largest absolute Gasteiger partial charge is 0.358 e. The average molecular weight is 286 g/mol. The smallest absolute Gasteiger partial charge is 0.233 e. The molecule has 0 N–H and O–H groups in total. The van der Waals surface area contributed by atoms with Crippen molar-refractivity contribution in [1.29, 1.82) is 0 Å². The highest BCUT2D eigenvalue weighted by Gasteiger charge is 2.22. The van der Waals surface area contributed by atoms with E-state index in [4.69, 9.17) is 12.2 Å². The maximum absolute atomic E-state index is 12.1. The van der Waals surface area contributed by atoms with Crippen molar-refractivity contribution in [3.8, 4) is 0 Å². The predicted octanol–water partition coefficient (Wildman–Crippen LogP) is 2.36. The van der Waals surface area contributed by atoms with Crippen molar-refractivity contribution >= 4 is 34.2 Å². The van der Waals surface area contributed by atoms with Gasteiger partial charge in [0.2, 0.25) is 5.91 Å². The first kappa shape index (κ1) is 14.1. The minimum atomic E-state index is 0.257. The zero-order valence-electron chi connectivity index (χ0n) is 11.1. The van der Waals surface area contributed by atoms with Crippen LogP contribution in [0, 0.1) is 5.92 Å². The highest BCUT2D eigenvalue weighted by Crippen LogP contribution is 2.19. The molecule has 102 valence electrons. The van der Waals surface area contributed by atoms with Crippen LogP contribution in [-0.4, -0.2) is 52.0 Å². The zero-order chi connectivity index (χ0) is 13.0. The fourth-order valence-electron chi connectivity index (χ4n) is 2.62. The van der Waals surface area contributed by atoms with Gasteiger partial charge in [0.05, 0.1) is 5.75 Å². The molecule has 2 heterocycles. The Morgan fingerprint density at radius 3 is 2.56 bits per heavy atom. The van der Waals surface area contributed by atoms with Gasteiger partial charge in [0.25, 0.3) is 0 Å². The quantitative estimate of drug-likeness (QED) is 0.727. The molecular weight excluding hydrogens is 264 g/mol. The molecule has 0 radical (unpaired) electrons. The lowest BCUT2D eigenvalue weighted by Crippen LogP contribution is -2.40. The summed E-state index contributed by atoms with van der Waals surface area (Å²) in [6.45, 7) is 6.22. The Balaban J connectivity index is 1.72. The van der Waals surface area contributed by atoms with Crippen LogP contribution in [0.15, 0.2) is 0 Å². The number of amides is 1. The van der Waals surface area contributed by atoms with Gasteiger partial charge in [-0.25, -0.2) is 0 Å². The molecule has 0 aromatic rings. The molecule has 5 heteroatoms. The van der Waals surface area contributed by atoms with E-state index in [9.17, 15) is 4.79 Å². The number of thioether (sulfide) groups is 1. The minimum absolute atomic E-state index is 0.257. The first-order valence-corrected chi connectivity index (χ1v) is 8.25. The number of carbonyl (C=O) groups excluding carboxylic acids is 1. The second kappa shape index (κ2) is 6.75. The monoisotopic (exact) mass is 286 g/mol. The van der Waals surface area contributed by atoms with Gasteiger partial charge in [-0.05, 0) is 31.6 Å². The Hall–Kier alpha value is -0.290. The number of piperidine rings is 1. The van der Waals surface area contributed by atoms with Gasteiger partial charge in [-0.3, -0.25) is 4.79 Å². The molecule has 1 unspecified atom stereocenters. The van der Waals surface area contributed by atoms with Gasteiger partial charge in [0.15, 0.2) is 0 Å². The lowest BCUT2D eigenvalue weighted by molar-refractivity contribution is -0.129. The number of carbonyl (C=O) groups is 1. The number of thiocarbonyl (C=S) groups is 1. The molecule has 0 saturated carbocycles. The van der Waals surface area contributed by atoms with E-state index in [0.717, 1.165) is 36.9 Å². The van der Waals surface area contributed by atoms with Gasteiger partial charge in [0.1, 0.15) is 4.32 Å². The molecular formula is C13H22N2OS2. The molecule has 18 heavy (non-hydrogen) atoms. The van der Waals surface area contributed by atoms with E-state index >= 15 is 0 Å². The molecule has 2 rings (SSSR count). The van der Waals surface area contributed by atoms with Gasteiger partial charge in [-0.1, -0.05) is 30.9 Å². The van der Waals surface area contributed by atoms with Crippen molar-refractivity contribution < 1.29 is 4.79 Å². The zero-order valence-corrected chi connectivity index (χ0v) is 12.7. The fraction of sp³-hybridized carbons (Fsp3) is 0.846. The maximum atomic E-state index is 12.1. The van der Waals surface area contributed by atoms with E-state index in [0.29, 0.717) is 11.7 Å². The summed E-state index contributed by atoms with van der Waals surface area (Å²) in [6.07, 6.45) is 4.87. The molecule has 1 atom stereocenters. The third-order valence-electron chi connectivity index (χ3n) is 3.69. The van der Waals surface area contributed by atoms with Crippen LogP contribution in [-0.2, 0) is 4.79 Å². The Morgan fingerprint density at radius 1 is 1.22 bits per heavy atom. The van der Waals surface area contributed by atoms with Gasteiger partial charge in [-0.15, -0.1) is 0 Å². The van der Waals surface area contributed by atoms with Crippen molar-refractivity contribution in [2.45, 2.75) is 32.6 Å². The SMILES string of the molecule is CC1CCCN(C(=O)CSC(=S)N2CCCC2)C1. The maximum Gasteiger partial charge on any atom is 0.233 e. The molecule has 0 aliphatic carbocycles. The topological polar surface area (TPSA) is 23.6 Å². The minimum Gasteiger partial charge on any atom is -0.358 e. The normalized spacial score (nSPS) is 24.4. The number of rotatable bonds is 2. The summed E-state index contributed by atoms with van der Waals surface area (Å²) in [5, 5.41) is 0. The van der Waals surface area contributed by atoms with E-state index in [2.05, 4.69) is 11.8 Å². The molecule has 0 aromatic carbocycles.